The topological polar surface area (TPSA) is 0 Å². The number of halogens is 2. The molecule has 0 aliphatic rings. The van der Waals surface area contributed by atoms with E-state index in [0.29, 0.717) is 0 Å². The van der Waals surface area contributed by atoms with Crippen molar-refractivity contribution in [1.29, 1.82) is 0 Å². The van der Waals surface area contributed by atoms with Gasteiger partial charge in [-0.2, -0.15) is 0 Å². The maximum atomic E-state index is 5.63. The van der Waals surface area contributed by atoms with Gasteiger partial charge in [0.25, 0.3) is 0 Å². The molecule has 0 aliphatic carbocycles. The van der Waals surface area contributed by atoms with Crippen molar-refractivity contribution >= 4 is 34.4 Å². The Kier molecular flexibility index (Phi) is 2.78. The Morgan fingerprint density at radius 3 is 1.89 bits per heavy atom. The van der Waals surface area contributed by atoms with Crippen LogP contribution in [0.2, 0.25) is 0 Å². The summed E-state index contributed by atoms with van der Waals surface area (Å²) in [5.74, 6) is 0. The van der Waals surface area contributed by atoms with Gasteiger partial charge in [0.2, 0.25) is 0 Å². The first-order chi connectivity index (χ1) is 4.30. The van der Waals surface area contributed by atoms with Gasteiger partial charge in [0.15, 0.2) is 0 Å². The molecule has 9 heavy (non-hydrogen) atoms. The zero-order chi connectivity index (χ0) is 6.69. The Morgan fingerprint density at radius 2 is 1.56 bits per heavy atom. The standard InChI is InChI=1S/C6H5Cl2P/c7-9(8)6-4-2-1-3-5-6/h1-5H/i9-26. The molecule has 1 rings (SSSR count). The van der Waals surface area contributed by atoms with Gasteiger partial charge in [0.05, 0.1) is 0 Å². The fraction of sp³-hybridized carbons (Fsp3) is 0. The van der Waals surface area contributed by atoms with E-state index in [-0.39, 0.29) is 0 Å². The van der Waals surface area contributed by atoms with Crippen LogP contribution in [0.3, 0.4) is 0 Å². The smallest absolute Gasteiger partial charge is 0.0727 e. The molecule has 0 aliphatic heterocycles. The summed E-state index contributed by atoms with van der Waals surface area (Å²) in [4.78, 5) is 0. The van der Waals surface area contributed by atoms with Crippen molar-refractivity contribution in [2.45, 2.75) is 0 Å². The Morgan fingerprint density at radius 1 is 1.00 bits per heavy atom. The predicted octanol–water partition coefficient (Wildman–Crippen LogP) is 3.10. The molecule has 1 aromatic rings. The monoisotopic (exact) mass is 152 g/mol. The summed E-state index contributed by atoms with van der Waals surface area (Å²) in [6, 6.07) is 9.64. The van der Waals surface area contributed by atoms with E-state index in [1.165, 1.54) is 0 Å². The van der Waals surface area contributed by atoms with Gasteiger partial charge in [-0.3, -0.25) is 0 Å². The molecular weight excluding hydrogens is 148 g/mol. The van der Waals surface area contributed by atoms with Gasteiger partial charge in [0.1, 0.15) is 6.63 Å². The van der Waals surface area contributed by atoms with E-state index in [1.807, 2.05) is 30.3 Å². The summed E-state index contributed by atoms with van der Waals surface area (Å²) in [7, 11) is 0. The molecule has 0 nitrogen and oxygen atoms in total. The zero-order valence-electron chi connectivity index (χ0n) is 4.59. The van der Waals surface area contributed by atoms with Crippen molar-refractivity contribution in [2.75, 3.05) is 0 Å². The Labute approximate surface area is 65.1 Å². The maximum absolute atomic E-state index is 5.63. The van der Waals surface area contributed by atoms with Crippen LogP contribution < -0.4 is 5.30 Å². The molecule has 0 saturated heterocycles. The Balaban J connectivity index is 2.85. The lowest BCUT2D eigenvalue weighted by Gasteiger charge is -1.96. The average molecular weight is 153 g/mol. The van der Waals surface area contributed by atoms with Gasteiger partial charge in [-0.15, -0.1) is 0 Å². The molecule has 0 heterocycles. The molecule has 0 unspecified atom stereocenters. The third-order valence-corrected chi connectivity index (χ3v) is 2.81. The molecule has 48 valence electrons. The van der Waals surface area contributed by atoms with Crippen molar-refractivity contribution in [1.82, 2.24) is 0 Å². The van der Waals surface area contributed by atoms with Crippen LogP contribution in [0.15, 0.2) is 30.3 Å². The lowest BCUT2D eigenvalue weighted by molar-refractivity contribution is 1.78. The Hall–Kier alpha value is 0.230. The van der Waals surface area contributed by atoms with Crippen LogP contribution in [0.4, 0.5) is 0 Å². The first-order valence-electron chi connectivity index (χ1n) is 2.47. The molecule has 0 atom stereocenters. The van der Waals surface area contributed by atoms with Crippen LogP contribution in [0.1, 0.15) is 0 Å². The quantitative estimate of drug-likeness (QED) is 0.543. The molecular formula is C6H5Cl2P. The van der Waals surface area contributed by atoms with Gasteiger partial charge in [-0.05, 0) is 0 Å². The van der Waals surface area contributed by atoms with E-state index >= 15 is 0 Å². The third kappa shape index (κ3) is 2.14. The molecule has 3 heteroatoms. The van der Waals surface area contributed by atoms with Gasteiger partial charge in [-0.25, -0.2) is 0 Å². The first kappa shape index (κ1) is 7.34. The summed E-state index contributed by atoms with van der Waals surface area (Å²) < 4.78 is 0. The van der Waals surface area contributed by atoms with E-state index in [1.54, 1.807) is 0 Å². The second-order valence-electron chi connectivity index (χ2n) is 1.57. The Bertz CT molecular complexity index is 174. The van der Waals surface area contributed by atoms with Crippen molar-refractivity contribution in [3.63, 3.8) is 0 Å². The summed E-state index contributed by atoms with van der Waals surface area (Å²) in [5.41, 5.74) is 0. The highest BCUT2D eigenvalue weighted by molar-refractivity contribution is 8.08. The second-order valence-corrected chi connectivity index (χ2v) is 5.10. The number of rotatable bonds is 1. The minimum Gasteiger partial charge on any atom is -0.0727 e. The summed E-state index contributed by atoms with van der Waals surface area (Å²) >= 11 is 11.3. The summed E-state index contributed by atoms with van der Waals surface area (Å²) in [5, 5.41) is 1.01. The normalized spacial score (nSPS) is 10.1. The van der Waals surface area contributed by atoms with E-state index in [0.717, 1.165) is 5.30 Å². The third-order valence-electron chi connectivity index (χ3n) is 0.951. The molecule has 0 spiro atoms. The van der Waals surface area contributed by atoms with Crippen LogP contribution in [0.5, 0.6) is 0 Å². The van der Waals surface area contributed by atoms with Crippen molar-refractivity contribution in [2.24, 2.45) is 0 Å². The predicted molar refractivity (Wildman–Crippen MR) is 44.7 cm³/mol. The minimum atomic E-state index is -0.951. The van der Waals surface area contributed by atoms with Crippen LogP contribution >= 0.6 is 29.1 Å². The van der Waals surface area contributed by atoms with Crippen LogP contribution in [0.25, 0.3) is 0 Å². The van der Waals surface area contributed by atoms with Gasteiger partial charge in [-0.1, -0.05) is 52.8 Å². The van der Waals surface area contributed by atoms with Crippen LogP contribution in [-0.4, -0.2) is 0 Å². The average Bonchev–Trinajstić information content (AvgIpc) is 1.90. The lowest BCUT2D eigenvalue weighted by Crippen LogP contribution is -1.89. The molecule has 0 N–H and O–H groups in total. The van der Waals surface area contributed by atoms with E-state index in [9.17, 15) is 0 Å². The molecule has 0 fully saturated rings. The first-order valence-corrected chi connectivity index (χ1v) is 5.62. The van der Waals surface area contributed by atoms with Crippen molar-refractivity contribution < 1.29 is 0 Å². The molecule has 0 amide bonds. The molecule has 0 saturated carbocycles. The molecule has 0 aromatic heterocycles. The highest BCUT2D eigenvalue weighted by Gasteiger charge is 1.99. The van der Waals surface area contributed by atoms with Crippen LogP contribution in [-0.2, 0) is 0 Å². The van der Waals surface area contributed by atoms with Gasteiger partial charge >= 0.3 is 0 Å². The minimum absolute atomic E-state index is 0.951. The van der Waals surface area contributed by atoms with Gasteiger partial charge < -0.3 is 0 Å². The fourth-order valence-corrected chi connectivity index (χ4v) is 1.61. The summed E-state index contributed by atoms with van der Waals surface area (Å²) in [6.45, 7) is -0.951. The maximum Gasteiger partial charge on any atom is 0.116 e. The number of benzene rings is 1. The van der Waals surface area contributed by atoms with Gasteiger partial charge in [0, 0.05) is 5.30 Å². The number of hydrogen-bond acceptors (Lipinski definition) is 0. The zero-order valence-corrected chi connectivity index (χ0v) is 7.00. The molecule has 0 bridgehead atoms. The molecule has 1 aromatic carbocycles. The van der Waals surface area contributed by atoms with Crippen molar-refractivity contribution in [3.8, 4) is 0 Å². The van der Waals surface area contributed by atoms with E-state index in [4.69, 9.17) is 22.5 Å². The molecule has 0 radical (unpaired) electrons. The SMILES string of the molecule is Cl[5P](Cl)c1ccccc1. The van der Waals surface area contributed by atoms with Crippen molar-refractivity contribution in [3.05, 3.63) is 30.3 Å². The largest absolute Gasteiger partial charge is 0.116 e. The highest BCUT2D eigenvalue weighted by atomic mass is 35.5. The van der Waals surface area contributed by atoms with E-state index in [2.05, 4.69) is 0 Å². The number of hydrogen-bond donors (Lipinski definition) is 0. The highest BCUT2D eigenvalue weighted by Crippen LogP contribution is 2.44. The fourth-order valence-electron chi connectivity index (χ4n) is 0.541. The van der Waals surface area contributed by atoms with Crippen LogP contribution in [0, 0.1) is 0 Å². The van der Waals surface area contributed by atoms with E-state index < -0.39 is 6.63 Å². The summed E-state index contributed by atoms with van der Waals surface area (Å²) in [6.07, 6.45) is 0. The second kappa shape index (κ2) is 3.41. The lowest BCUT2D eigenvalue weighted by atomic mass is 4.79.